The van der Waals surface area contributed by atoms with E-state index in [2.05, 4.69) is 5.32 Å². The lowest BCUT2D eigenvalue weighted by molar-refractivity contribution is -0.139. The minimum atomic E-state index is -1.07. The number of nitrogens with zero attached hydrogens (tertiary/aromatic N) is 1. The molecule has 0 saturated heterocycles. The molecule has 0 aliphatic carbocycles. The fourth-order valence-electron chi connectivity index (χ4n) is 1.79. The molecule has 1 aromatic carbocycles. The molecule has 0 spiro atoms. The van der Waals surface area contributed by atoms with Gasteiger partial charge in [-0.15, -0.1) is 0 Å². The summed E-state index contributed by atoms with van der Waals surface area (Å²) in [4.78, 5) is 25.0. The van der Waals surface area contributed by atoms with Crippen LogP contribution in [0.5, 0.6) is 0 Å². The van der Waals surface area contributed by atoms with Crippen LogP contribution in [0, 0.1) is 5.92 Å². The number of benzene rings is 1. The van der Waals surface area contributed by atoms with Gasteiger partial charge in [0.2, 0.25) is 0 Å². The van der Waals surface area contributed by atoms with Gasteiger partial charge in [0.15, 0.2) is 6.04 Å². The number of carboxylic acid groups (broad SMARTS) is 1. The van der Waals surface area contributed by atoms with E-state index >= 15 is 0 Å². The van der Waals surface area contributed by atoms with Gasteiger partial charge in [-0.25, -0.2) is 9.59 Å². The summed E-state index contributed by atoms with van der Waals surface area (Å²) in [7, 11) is 1.67. The van der Waals surface area contributed by atoms with Gasteiger partial charge in [-0.05, 0) is 18.4 Å². The van der Waals surface area contributed by atoms with E-state index in [1.807, 2.05) is 20.8 Å². The molecule has 0 bridgehead atoms. The molecule has 1 aromatic rings. The lowest BCUT2D eigenvalue weighted by Crippen LogP contribution is -2.47. The van der Waals surface area contributed by atoms with E-state index in [1.54, 1.807) is 37.4 Å². The van der Waals surface area contributed by atoms with Crippen LogP contribution in [0.2, 0.25) is 0 Å². The summed E-state index contributed by atoms with van der Waals surface area (Å²) in [6.07, 6.45) is 0. The normalized spacial score (nSPS) is 13.7. The quantitative estimate of drug-likeness (QED) is 0.869. The summed E-state index contributed by atoms with van der Waals surface area (Å²) >= 11 is 0. The topological polar surface area (TPSA) is 69.6 Å². The highest BCUT2D eigenvalue weighted by molar-refractivity contribution is 5.83. The summed E-state index contributed by atoms with van der Waals surface area (Å²) < 4.78 is 0. The molecule has 1 rings (SSSR count). The van der Waals surface area contributed by atoms with E-state index < -0.39 is 12.0 Å². The molecule has 2 atom stereocenters. The molecule has 0 heterocycles. The Hall–Kier alpha value is -2.04. The molecule has 5 nitrogen and oxygen atoms in total. The number of urea groups is 1. The van der Waals surface area contributed by atoms with Gasteiger partial charge in [0, 0.05) is 13.1 Å². The maximum Gasteiger partial charge on any atom is 0.330 e. The highest BCUT2D eigenvalue weighted by Gasteiger charge is 2.25. The van der Waals surface area contributed by atoms with Crippen LogP contribution in [0.1, 0.15) is 32.4 Å². The van der Waals surface area contributed by atoms with E-state index in [-0.39, 0.29) is 12.1 Å². The van der Waals surface area contributed by atoms with Crippen molar-refractivity contribution < 1.29 is 14.7 Å². The summed E-state index contributed by atoms with van der Waals surface area (Å²) in [6.45, 7) is 5.96. The van der Waals surface area contributed by atoms with Crippen LogP contribution < -0.4 is 5.32 Å². The second kappa shape index (κ2) is 6.93. The van der Waals surface area contributed by atoms with Crippen LogP contribution in [0.25, 0.3) is 0 Å². The van der Waals surface area contributed by atoms with Crippen molar-refractivity contribution in [2.75, 3.05) is 7.05 Å². The van der Waals surface area contributed by atoms with Crippen molar-refractivity contribution in [3.8, 4) is 0 Å². The zero-order chi connectivity index (χ0) is 15.3. The van der Waals surface area contributed by atoms with Crippen LogP contribution in [0.4, 0.5) is 4.79 Å². The molecule has 0 aromatic heterocycles. The maximum absolute atomic E-state index is 12.1. The van der Waals surface area contributed by atoms with Crippen molar-refractivity contribution in [3.05, 3.63) is 35.9 Å². The summed E-state index contributed by atoms with van der Waals surface area (Å²) in [5.41, 5.74) is 0.555. The largest absolute Gasteiger partial charge is 0.479 e. The Morgan fingerprint density at radius 3 is 2.15 bits per heavy atom. The third-order valence-corrected chi connectivity index (χ3v) is 3.54. The monoisotopic (exact) mass is 278 g/mol. The second-order valence-corrected chi connectivity index (χ2v) is 5.23. The molecule has 20 heavy (non-hydrogen) atoms. The number of amides is 2. The van der Waals surface area contributed by atoms with Crippen molar-refractivity contribution in [3.63, 3.8) is 0 Å². The van der Waals surface area contributed by atoms with Crippen molar-refractivity contribution in [1.82, 2.24) is 10.2 Å². The third kappa shape index (κ3) is 3.98. The van der Waals surface area contributed by atoms with Crippen LogP contribution in [0.3, 0.4) is 0 Å². The van der Waals surface area contributed by atoms with Gasteiger partial charge in [-0.1, -0.05) is 44.2 Å². The van der Waals surface area contributed by atoms with Gasteiger partial charge in [0.05, 0.1) is 0 Å². The Morgan fingerprint density at radius 2 is 1.70 bits per heavy atom. The van der Waals surface area contributed by atoms with Gasteiger partial charge in [-0.2, -0.15) is 0 Å². The molecule has 0 aliphatic rings. The number of nitrogens with one attached hydrogen (secondary N) is 1. The maximum atomic E-state index is 12.1. The molecule has 0 fully saturated rings. The van der Waals surface area contributed by atoms with Gasteiger partial charge in [-0.3, -0.25) is 0 Å². The molecule has 0 radical (unpaired) electrons. The highest BCUT2D eigenvalue weighted by Crippen LogP contribution is 2.14. The minimum absolute atomic E-state index is 0.0280. The van der Waals surface area contributed by atoms with Crippen LogP contribution >= 0.6 is 0 Å². The average molecular weight is 278 g/mol. The molecular formula is C15H22N2O3. The SMILES string of the molecule is CC(C)C(C)N(C)C(=O)N[C@H](C(=O)O)c1ccccc1. The first-order chi connectivity index (χ1) is 9.34. The zero-order valence-corrected chi connectivity index (χ0v) is 12.3. The van der Waals surface area contributed by atoms with Crippen molar-refractivity contribution >= 4 is 12.0 Å². The van der Waals surface area contributed by atoms with Crippen LogP contribution in [0.15, 0.2) is 30.3 Å². The van der Waals surface area contributed by atoms with Crippen LogP contribution in [-0.2, 0) is 4.79 Å². The molecule has 0 aliphatic heterocycles. The lowest BCUT2D eigenvalue weighted by Gasteiger charge is -2.29. The summed E-state index contributed by atoms with van der Waals surface area (Å²) in [6, 6.07) is 7.27. The second-order valence-electron chi connectivity index (χ2n) is 5.23. The number of aliphatic carboxylic acids is 1. The molecule has 110 valence electrons. The first kappa shape index (κ1) is 16.0. The molecule has 0 saturated carbocycles. The van der Waals surface area contributed by atoms with E-state index in [0.717, 1.165) is 0 Å². The number of carbonyl (C=O) groups is 2. The number of carboxylic acids is 1. The predicted octanol–water partition coefficient (Wildman–Crippen LogP) is 2.50. The first-order valence-corrected chi connectivity index (χ1v) is 6.65. The van der Waals surface area contributed by atoms with Crippen molar-refractivity contribution in [2.24, 2.45) is 5.92 Å². The molecule has 5 heteroatoms. The van der Waals surface area contributed by atoms with E-state index in [4.69, 9.17) is 0 Å². The van der Waals surface area contributed by atoms with Crippen molar-refractivity contribution in [1.29, 1.82) is 0 Å². The molecular weight excluding hydrogens is 256 g/mol. The lowest BCUT2D eigenvalue weighted by atomic mass is 10.1. The van der Waals surface area contributed by atoms with Gasteiger partial charge < -0.3 is 15.3 Å². The van der Waals surface area contributed by atoms with Crippen LogP contribution in [-0.4, -0.2) is 35.1 Å². The smallest absolute Gasteiger partial charge is 0.330 e. The van der Waals surface area contributed by atoms with E-state index in [0.29, 0.717) is 11.5 Å². The molecule has 1 unspecified atom stereocenters. The Kier molecular flexibility index (Phi) is 5.55. The Bertz CT molecular complexity index is 459. The summed E-state index contributed by atoms with van der Waals surface area (Å²) in [5, 5.41) is 11.8. The Balaban J connectivity index is 2.82. The van der Waals surface area contributed by atoms with Gasteiger partial charge in [0.1, 0.15) is 0 Å². The number of rotatable bonds is 5. The predicted molar refractivity (Wildman–Crippen MR) is 77.4 cm³/mol. The number of carbonyl (C=O) groups excluding carboxylic acids is 1. The average Bonchev–Trinajstić information content (AvgIpc) is 2.43. The molecule has 2 N–H and O–H groups in total. The third-order valence-electron chi connectivity index (χ3n) is 3.54. The number of hydrogen-bond donors (Lipinski definition) is 2. The van der Waals surface area contributed by atoms with Gasteiger partial charge in [0.25, 0.3) is 0 Å². The van der Waals surface area contributed by atoms with E-state index in [1.165, 1.54) is 4.90 Å². The minimum Gasteiger partial charge on any atom is -0.479 e. The number of hydrogen-bond acceptors (Lipinski definition) is 2. The zero-order valence-electron chi connectivity index (χ0n) is 12.3. The highest BCUT2D eigenvalue weighted by atomic mass is 16.4. The van der Waals surface area contributed by atoms with Gasteiger partial charge >= 0.3 is 12.0 Å². The standard InChI is InChI=1S/C15H22N2O3/c1-10(2)11(3)17(4)15(20)16-13(14(18)19)12-8-6-5-7-9-12/h5-11,13H,1-4H3,(H,16,20)(H,18,19)/t11?,13-/m0/s1. The summed E-state index contributed by atoms with van der Waals surface area (Å²) in [5.74, 6) is -0.777. The first-order valence-electron chi connectivity index (χ1n) is 6.65. The molecule has 2 amide bonds. The fraction of sp³-hybridized carbons (Fsp3) is 0.467. The Morgan fingerprint density at radius 1 is 1.15 bits per heavy atom. The van der Waals surface area contributed by atoms with Crippen molar-refractivity contribution in [2.45, 2.75) is 32.9 Å². The Labute approximate surface area is 119 Å². The fourth-order valence-corrected chi connectivity index (χ4v) is 1.79. The van der Waals surface area contributed by atoms with E-state index in [9.17, 15) is 14.7 Å².